The van der Waals surface area contributed by atoms with Crippen molar-refractivity contribution in [1.82, 2.24) is 0 Å². The van der Waals surface area contributed by atoms with E-state index in [1.807, 2.05) is 0 Å². The number of fused-ring (bicyclic) bond motifs is 4. The molecule has 4 aliphatic rings. The Labute approximate surface area is 167 Å². The van der Waals surface area contributed by atoms with Crippen molar-refractivity contribution in [3.05, 3.63) is 41.5 Å². The van der Waals surface area contributed by atoms with Gasteiger partial charge in [0.1, 0.15) is 22.0 Å². The lowest BCUT2D eigenvalue weighted by Gasteiger charge is -2.43. The molecule has 1 heterocycles. The van der Waals surface area contributed by atoms with Gasteiger partial charge in [0.2, 0.25) is 0 Å². The van der Waals surface area contributed by atoms with Crippen molar-refractivity contribution in [3.8, 4) is 0 Å². The average molecular weight is 382 g/mol. The minimum atomic E-state index is 0.00758. The highest BCUT2D eigenvalue weighted by atomic mass is 32.2. The van der Waals surface area contributed by atoms with Gasteiger partial charge < -0.3 is 0 Å². The number of hydrogen-bond acceptors (Lipinski definition) is 1. The standard InChI is InChI=1S/C25H33OS/c1-17(13-18-7-5-4-6-8-18)16-27-21-10-9-19(14-21)23(27)25-12-11-20(15-22(25)26)24(25,2)3/h4-8,13,19-21,23H,9-12,14-16H2,1-3H3/q+1/b17-13+. The van der Waals surface area contributed by atoms with E-state index in [2.05, 4.69) is 57.2 Å². The second-order valence-corrected chi connectivity index (χ2v) is 12.6. The highest BCUT2D eigenvalue weighted by molar-refractivity contribution is 7.98. The number of carbonyl (C=O) groups excluding carboxylic acids is 1. The number of hydrogen-bond donors (Lipinski definition) is 0. The van der Waals surface area contributed by atoms with Gasteiger partial charge in [-0.25, -0.2) is 0 Å². The monoisotopic (exact) mass is 381 g/mol. The molecule has 0 amide bonds. The van der Waals surface area contributed by atoms with Gasteiger partial charge in [-0.15, -0.1) is 0 Å². The Morgan fingerprint density at radius 3 is 2.63 bits per heavy atom. The van der Waals surface area contributed by atoms with Gasteiger partial charge >= 0.3 is 0 Å². The van der Waals surface area contributed by atoms with Gasteiger partial charge in [-0.1, -0.05) is 50.3 Å². The molecular weight excluding hydrogens is 348 g/mol. The number of ketones is 1. The Kier molecular flexibility index (Phi) is 4.17. The first kappa shape index (κ1) is 18.0. The Morgan fingerprint density at radius 2 is 1.96 bits per heavy atom. The van der Waals surface area contributed by atoms with E-state index in [1.54, 1.807) is 0 Å². The molecule has 3 aliphatic carbocycles. The summed E-state index contributed by atoms with van der Waals surface area (Å²) in [7, 11) is 0.384. The van der Waals surface area contributed by atoms with Crippen molar-refractivity contribution < 1.29 is 4.79 Å². The first-order valence-corrected chi connectivity index (χ1v) is 12.4. The van der Waals surface area contributed by atoms with Crippen LogP contribution in [0, 0.1) is 22.7 Å². The van der Waals surface area contributed by atoms with Crippen LogP contribution in [0.1, 0.15) is 64.9 Å². The van der Waals surface area contributed by atoms with E-state index in [1.165, 1.54) is 49.0 Å². The summed E-state index contributed by atoms with van der Waals surface area (Å²) in [5.41, 5.74) is 3.06. The van der Waals surface area contributed by atoms with Gasteiger partial charge in [-0.05, 0) is 66.0 Å². The number of Topliss-reactive ketones (excluding diaryl/α,β-unsaturated/α-hetero) is 1. The molecule has 27 heavy (non-hydrogen) atoms. The van der Waals surface area contributed by atoms with Gasteiger partial charge in [-0.3, -0.25) is 4.79 Å². The van der Waals surface area contributed by atoms with Crippen molar-refractivity contribution >= 4 is 22.8 Å². The van der Waals surface area contributed by atoms with Crippen LogP contribution in [-0.2, 0) is 15.7 Å². The zero-order valence-electron chi connectivity index (χ0n) is 17.0. The lowest BCUT2D eigenvalue weighted by atomic mass is 9.64. The van der Waals surface area contributed by atoms with E-state index in [4.69, 9.17) is 0 Å². The Hall–Kier alpha value is -1.02. The van der Waals surface area contributed by atoms with E-state index in [-0.39, 0.29) is 10.8 Å². The van der Waals surface area contributed by atoms with Crippen molar-refractivity contribution in [2.24, 2.45) is 22.7 Å². The average Bonchev–Trinajstić information content (AvgIpc) is 3.34. The highest BCUT2D eigenvalue weighted by Crippen LogP contribution is 2.70. The lowest BCUT2D eigenvalue weighted by molar-refractivity contribution is -0.130. The van der Waals surface area contributed by atoms with Crippen molar-refractivity contribution in [2.75, 3.05) is 5.75 Å². The molecule has 0 N–H and O–H groups in total. The summed E-state index contributed by atoms with van der Waals surface area (Å²) in [6, 6.07) is 10.7. The van der Waals surface area contributed by atoms with E-state index < -0.39 is 0 Å². The van der Waals surface area contributed by atoms with Gasteiger partial charge in [0.05, 0.1) is 5.41 Å². The van der Waals surface area contributed by atoms with E-state index in [9.17, 15) is 4.79 Å². The molecule has 6 unspecified atom stereocenters. The third-order valence-electron chi connectivity index (χ3n) is 8.69. The fraction of sp³-hybridized carbons (Fsp3) is 0.640. The molecule has 2 heteroatoms. The molecule has 0 radical (unpaired) electrons. The second kappa shape index (κ2) is 6.24. The largest absolute Gasteiger partial charge is 0.299 e. The summed E-state index contributed by atoms with van der Waals surface area (Å²) >= 11 is 0. The van der Waals surface area contributed by atoms with Crippen LogP contribution < -0.4 is 0 Å². The maximum Gasteiger partial charge on any atom is 0.144 e. The van der Waals surface area contributed by atoms with Crippen molar-refractivity contribution in [3.63, 3.8) is 0 Å². The van der Waals surface area contributed by atoms with Crippen LogP contribution in [0.4, 0.5) is 0 Å². The van der Waals surface area contributed by atoms with Crippen molar-refractivity contribution in [2.45, 2.75) is 69.8 Å². The van der Waals surface area contributed by atoms with Crippen LogP contribution >= 0.6 is 0 Å². The maximum absolute atomic E-state index is 13.3. The molecule has 4 fully saturated rings. The highest BCUT2D eigenvalue weighted by Gasteiger charge is 2.75. The molecule has 5 rings (SSSR count). The van der Waals surface area contributed by atoms with Crippen LogP contribution in [0.2, 0.25) is 0 Å². The number of rotatable bonds is 4. The summed E-state index contributed by atoms with van der Waals surface area (Å²) in [6.45, 7) is 7.20. The quantitative estimate of drug-likeness (QED) is 0.616. The summed E-state index contributed by atoms with van der Waals surface area (Å²) in [4.78, 5) is 13.3. The first-order valence-electron chi connectivity index (χ1n) is 10.9. The van der Waals surface area contributed by atoms with E-state index in [0.717, 1.165) is 17.6 Å². The second-order valence-electron chi connectivity index (χ2n) is 10.2. The molecule has 1 aromatic rings. The molecular formula is C25H33OS+. The number of carbonyl (C=O) groups is 1. The minimum Gasteiger partial charge on any atom is -0.299 e. The zero-order chi connectivity index (χ0) is 18.8. The normalized spacial score (nSPS) is 42.3. The fourth-order valence-electron chi connectivity index (χ4n) is 7.36. The molecule has 1 nitrogen and oxygen atoms in total. The smallest absolute Gasteiger partial charge is 0.144 e. The van der Waals surface area contributed by atoms with Crippen LogP contribution in [0.25, 0.3) is 6.08 Å². The van der Waals surface area contributed by atoms with Gasteiger partial charge in [0, 0.05) is 18.8 Å². The van der Waals surface area contributed by atoms with Gasteiger partial charge in [-0.2, -0.15) is 0 Å². The molecule has 1 aliphatic heterocycles. The van der Waals surface area contributed by atoms with Gasteiger partial charge in [0.25, 0.3) is 0 Å². The predicted molar refractivity (Wildman–Crippen MR) is 116 cm³/mol. The maximum atomic E-state index is 13.3. The third kappa shape index (κ3) is 2.48. The molecule has 0 spiro atoms. The summed E-state index contributed by atoms with van der Waals surface area (Å²) in [5.74, 6) is 3.33. The topological polar surface area (TPSA) is 17.1 Å². The summed E-state index contributed by atoms with van der Waals surface area (Å²) in [5, 5.41) is 1.56. The molecule has 144 valence electrons. The fourth-order valence-corrected chi connectivity index (χ4v) is 11.5. The van der Waals surface area contributed by atoms with E-state index in [0.29, 0.717) is 27.8 Å². The predicted octanol–water partition coefficient (Wildman–Crippen LogP) is 5.65. The van der Waals surface area contributed by atoms with Crippen LogP contribution in [0.5, 0.6) is 0 Å². The third-order valence-corrected chi connectivity index (χ3v) is 12.2. The molecule has 6 atom stereocenters. The molecule has 1 saturated heterocycles. The Bertz CT molecular complexity index is 779. The molecule has 3 saturated carbocycles. The Balaban J connectivity index is 1.47. The lowest BCUT2D eigenvalue weighted by Crippen LogP contribution is -2.53. The first-order chi connectivity index (χ1) is 12.9. The van der Waals surface area contributed by atoms with Gasteiger partial charge in [0.15, 0.2) is 0 Å². The van der Waals surface area contributed by atoms with Crippen LogP contribution in [0.15, 0.2) is 35.9 Å². The number of benzene rings is 1. The summed E-state index contributed by atoms with van der Waals surface area (Å²) < 4.78 is 0. The molecule has 4 bridgehead atoms. The summed E-state index contributed by atoms with van der Waals surface area (Å²) in [6.07, 6.45) is 9.93. The van der Waals surface area contributed by atoms with Crippen LogP contribution in [0.3, 0.4) is 0 Å². The van der Waals surface area contributed by atoms with E-state index >= 15 is 0 Å². The SMILES string of the molecule is C/C(=C\c1ccccc1)C[S+]1C2CCC(C2)C1C12CCC(CC1=O)C2(C)C. The van der Waals surface area contributed by atoms with Crippen molar-refractivity contribution in [1.29, 1.82) is 0 Å². The molecule has 1 aromatic carbocycles. The van der Waals surface area contributed by atoms with Crippen LogP contribution in [-0.4, -0.2) is 22.0 Å². The minimum absolute atomic E-state index is 0.00758. The molecule has 0 aromatic heterocycles. The Morgan fingerprint density at radius 1 is 1.19 bits per heavy atom. The zero-order valence-corrected chi connectivity index (χ0v) is 17.9.